The molecule has 7 heteroatoms. The zero-order chi connectivity index (χ0) is 20.0. The maximum atomic E-state index is 12.4. The molecule has 6 nitrogen and oxygen atoms in total. The molecule has 0 aliphatic rings. The lowest BCUT2D eigenvalue weighted by atomic mass is 10.1. The van der Waals surface area contributed by atoms with Crippen LogP contribution in [0.1, 0.15) is 29.8 Å². The van der Waals surface area contributed by atoms with Crippen molar-refractivity contribution in [3.05, 3.63) is 58.6 Å². The van der Waals surface area contributed by atoms with E-state index in [9.17, 15) is 14.4 Å². The van der Waals surface area contributed by atoms with Gasteiger partial charge in [0.2, 0.25) is 11.8 Å². The first-order valence-electron chi connectivity index (χ1n) is 8.43. The molecule has 0 aliphatic heterocycles. The SMILES string of the molecule is CCOC(=O)c1ccccc1N(CC(=O)Nc1ccc(C)c(Cl)c1)C(C)=O. The number of hydrogen-bond donors (Lipinski definition) is 1. The first-order valence-corrected chi connectivity index (χ1v) is 8.81. The van der Waals surface area contributed by atoms with Crippen molar-refractivity contribution >= 4 is 40.8 Å². The van der Waals surface area contributed by atoms with Crippen LogP contribution in [0.15, 0.2) is 42.5 Å². The summed E-state index contributed by atoms with van der Waals surface area (Å²) >= 11 is 6.07. The predicted octanol–water partition coefficient (Wildman–Crippen LogP) is 3.82. The van der Waals surface area contributed by atoms with Gasteiger partial charge in [0.05, 0.1) is 17.9 Å². The Kier molecular flexibility index (Phi) is 6.96. The van der Waals surface area contributed by atoms with Crippen molar-refractivity contribution in [3.63, 3.8) is 0 Å². The summed E-state index contributed by atoms with van der Waals surface area (Å²) < 4.78 is 5.03. The lowest BCUT2D eigenvalue weighted by molar-refractivity contribution is -0.120. The summed E-state index contributed by atoms with van der Waals surface area (Å²) in [6.07, 6.45) is 0. The Morgan fingerprint density at radius 3 is 2.48 bits per heavy atom. The third kappa shape index (κ3) is 5.31. The van der Waals surface area contributed by atoms with Gasteiger partial charge in [-0.2, -0.15) is 0 Å². The molecule has 0 unspecified atom stereocenters. The lowest BCUT2D eigenvalue weighted by Crippen LogP contribution is -2.37. The molecule has 0 aliphatic carbocycles. The van der Waals surface area contributed by atoms with E-state index in [1.54, 1.807) is 49.4 Å². The van der Waals surface area contributed by atoms with Gasteiger partial charge in [-0.15, -0.1) is 0 Å². The van der Waals surface area contributed by atoms with E-state index in [-0.39, 0.29) is 24.6 Å². The molecule has 0 saturated carbocycles. The quantitative estimate of drug-likeness (QED) is 0.763. The second-order valence-electron chi connectivity index (χ2n) is 5.85. The van der Waals surface area contributed by atoms with Gasteiger partial charge in [0.25, 0.3) is 0 Å². The van der Waals surface area contributed by atoms with Crippen LogP contribution in [0.3, 0.4) is 0 Å². The first kappa shape index (κ1) is 20.5. The van der Waals surface area contributed by atoms with Crippen LogP contribution in [0.25, 0.3) is 0 Å². The zero-order valence-corrected chi connectivity index (χ0v) is 16.2. The smallest absolute Gasteiger partial charge is 0.340 e. The number of ether oxygens (including phenoxy) is 1. The van der Waals surface area contributed by atoms with Crippen LogP contribution in [-0.2, 0) is 14.3 Å². The number of benzene rings is 2. The number of nitrogens with zero attached hydrogens (tertiary/aromatic N) is 1. The Morgan fingerprint density at radius 2 is 1.85 bits per heavy atom. The molecule has 0 saturated heterocycles. The van der Waals surface area contributed by atoms with Crippen LogP contribution in [-0.4, -0.2) is 30.9 Å². The Hall–Kier alpha value is -2.86. The van der Waals surface area contributed by atoms with E-state index in [2.05, 4.69) is 5.32 Å². The van der Waals surface area contributed by atoms with Crippen molar-refractivity contribution in [1.29, 1.82) is 0 Å². The Bertz CT molecular complexity index is 867. The molecule has 0 aromatic heterocycles. The molecule has 0 bridgehead atoms. The fourth-order valence-electron chi connectivity index (χ4n) is 2.47. The number of hydrogen-bond acceptors (Lipinski definition) is 4. The number of para-hydroxylation sites is 1. The van der Waals surface area contributed by atoms with Gasteiger partial charge in [-0.1, -0.05) is 29.8 Å². The fourth-order valence-corrected chi connectivity index (χ4v) is 2.65. The summed E-state index contributed by atoms with van der Waals surface area (Å²) in [7, 11) is 0. The number of aryl methyl sites for hydroxylation is 1. The topological polar surface area (TPSA) is 75.7 Å². The van der Waals surface area contributed by atoms with Crippen LogP contribution in [0.5, 0.6) is 0 Å². The van der Waals surface area contributed by atoms with E-state index < -0.39 is 11.9 Å². The van der Waals surface area contributed by atoms with Crippen LogP contribution < -0.4 is 10.2 Å². The van der Waals surface area contributed by atoms with Crippen molar-refractivity contribution in [1.82, 2.24) is 0 Å². The minimum atomic E-state index is -0.551. The van der Waals surface area contributed by atoms with Gasteiger partial charge in [-0.05, 0) is 43.7 Å². The van der Waals surface area contributed by atoms with E-state index >= 15 is 0 Å². The molecule has 0 heterocycles. The van der Waals surface area contributed by atoms with Crippen molar-refractivity contribution < 1.29 is 19.1 Å². The summed E-state index contributed by atoms with van der Waals surface area (Å²) in [6.45, 7) is 4.85. The van der Waals surface area contributed by atoms with Gasteiger partial charge in [0.15, 0.2) is 0 Å². The maximum absolute atomic E-state index is 12.4. The molecule has 142 valence electrons. The van der Waals surface area contributed by atoms with Crippen LogP contribution in [0, 0.1) is 6.92 Å². The minimum absolute atomic E-state index is 0.210. The van der Waals surface area contributed by atoms with E-state index in [0.29, 0.717) is 16.4 Å². The number of anilines is 2. The zero-order valence-electron chi connectivity index (χ0n) is 15.4. The highest BCUT2D eigenvalue weighted by molar-refractivity contribution is 6.31. The highest BCUT2D eigenvalue weighted by Gasteiger charge is 2.22. The standard InChI is InChI=1S/C20H21ClN2O4/c1-4-27-20(26)16-7-5-6-8-18(16)23(14(3)24)12-19(25)22-15-10-9-13(2)17(21)11-15/h5-11H,4,12H2,1-3H3,(H,22,25). The van der Waals surface area contributed by atoms with Gasteiger partial charge in [0.1, 0.15) is 6.54 Å². The van der Waals surface area contributed by atoms with Gasteiger partial charge in [-0.25, -0.2) is 4.79 Å². The number of amides is 2. The monoisotopic (exact) mass is 388 g/mol. The summed E-state index contributed by atoms with van der Waals surface area (Å²) in [5.74, 6) is -1.34. The summed E-state index contributed by atoms with van der Waals surface area (Å²) in [5.41, 5.74) is 1.96. The largest absolute Gasteiger partial charge is 0.462 e. The molecular formula is C20H21ClN2O4. The number of nitrogens with one attached hydrogen (secondary N) is 1. The van der Waals surface area contributed by atoms with Gasteiger partial charge >= 0.3 is 5.97 Å². The molecule has 27 heavy (non-hydrogen) atoms. The van der Waals surface area contributed by atoms with Crippen molar-refractivity contribution in [2.75, 3.05) is 23.4 Å². The molecule has 0 radical (unpaired) electrons. The molecule has 1 N–H and O–H groups in total. The van der Waals surface area contributed by atoms with Crippen LogP contribution >= 0.6 is 11.6 Å². The molecule has 2 aromatic carbocycles. The van der Waals surface area contributed by atoms with Gasteiger partial charge < -0.3 is 15.0 Å². The lowest BCUT2D eigenvalue weighted by Gasteiger charge is -2.23. The second-order valence-corrected chi connectivity index (χ2v) is 6.26. The Labute approximate surface area is 163 Å². The van der Waals surface area contributed by atoms with Crippen LogP contribution in [0.2, 0.25) is 5.02 Å². The van der Waals surface area contributed by atoms with Gasteiger partial charge in [0, 0.05) is 17.6 Å². The Morgan fingerprint density at radius 1 is 1.15 bits per heavy atom. The van der Waals surface area contributed by atoms with E-state index in [1.165, 1.54) is 11.8 Å². The first-order chi connectivity index (χ1) is 12.8. The average molecular weight is 389 g/mol. The molecular weight excluding hydrogens is 368 g/mol. The molecule has 0 fully saturated rings. The third-order valence-corrected chi connectivity index (χ3v) is 4.23. The molecule has 2 amide bonds. The third-order valence-electron chi connectivity index (χ3n) is 3.83. The highest BCUT2D eigenvalue weighted by atomic mass is 35.5. The Balaban J connectivity index is 2.23. The van der Waals surface area contributed by atoms with E-state index in [4.69, 9.17) is 16.3 Å². The second kappa shape index (κ2) is 9.19. The molecule has 2 rings (SSSR count). The van der Waals surface area contributed by atoms with Crippen molar-refractivity contribution in [3.8, 4) is 0 Å². The fraction of sp³-hybridized carbons (Fsp3) is 0.250. The summed E-state index contributed by atoms with van der Waals surface area (Å²) in [5, 5.41) is 3.24. The van der Waals surface area contributed by atoms with Crippen LogP contribution in [0.4, 0.5) is 11.4 Å². The number of carbonyl (C=O) groups is 3. The highest BCUT2D eigenvalue weighted by Crippen LogP contribution is 2.23. The maximum Gasteiger partial charge on any atom is 0.340 e. The van der Waals surface area contributed by atoms with Crippen molar-refractivity contribution in [2.24, 2.45) is 0 Å². The molecule has 2 aromatic rings. The van der Waals surface area contributed by atoms with Gasteiger partial charge in [-0.3, -0.25) is 9.59 Å². The summed E-state index contributed by atoms with van der Waals surface area (Å²) in [4.78, 5) is 38.0. The summed E-state index contributed by atoms with van der Waals surface area (Å²) in [6, 6.07) is 11.7. The molecule has 0 atom stereocenters. The van der Waals surface area contributed by atoms with E-state index in [1.807, 2.05) is 6.92 Å². The van der Waals surface area contributed by atoms with E-state index in [0.717, 1.165) is 5.56 Å². The predicted molar refractivity (Wildman–Crippen MR) is 105 cm³/mol. The average Bonchev–Trinajstić information content (AvgIpc) is 2.63. The minimum Gasteiger partial charge on any atom is -0.462 e. The normalized spacial score (nSPS) is 10.2. The number of halogens is 1. The molecule has 0 spiro atoms. The number of carbonyl (C=O) groups excluding carboxylic acids is 3. The number of esters is 1. The number of rotatable bonds is 6. The van der Waals surface area contributed by atoms with Crippen molar-refractivity contribution in [2.45, 2.75) is 20.8 Å².